The maximum Gasteiger partial charge on any atom is 0.410 e. The van der Waals surface area contributed by atoms with Crippen LogP contribution in [0.4, 0.5) is 4.79 Å². The summed E-state index contributed by atoms with van der Waals surface area (Å²) in [6.07, 6.45) is -0.0204. The smallest absolute Gasteiger partial charge is 0.410 e. The number of amides is 2. The summed E-state index contributed by atoms with van der Waals surface area (Å²) >= 11 is 0. The van der Waals surface area contributed by atoms with E-state index < -0.39 is 0 Å². The minimum atomic E-state index is -0.321. The fourth-order valence-corrected chi connectivity index (χ4v) is 1.43. The van der Waals surface area contributed by atoms with Gasteiger partial charge in [0.25, 0.3) is 0 Å². The Kier molecular flexibility index (Phi) is 3.94. The molecule has 0 bridgehead atoms. The van der Waals surface area contributed by atoms with Crippen LogP contribution in [0.25, 0.3) is 0 Å². The van der Waals surface area contributed by atoms with E-state index >= 15 is 0 Å². The Morgan fingerprint density at radius 3 is 2.80 bits per heavy atom. The normalized spacial score (nSPS) is 20.7. The molecule has 1 unspecified atom stereocenters. The number of nitrogens with one attached hydrogen (secondary N) is 1. The molecule has 0 saturated carbocycles. The van der Waals surface area contributed by atoms with Crippen molar-refractivity contribution < 1.29 is 14.3 Å². The van der Waals surface area contributed by atoms with Crippen LogP contribution in [0.15, 0.2) is 0 Å². The monoisotopic (exact) mass is 214 g/mol. The van der Waals surface area contributed by atoms with Gasteiger partial charge in [0.2, 0.25) is 5.91 Å². The summed E-state index contributed by atoms with van der Waals surface area (Å²) in [5.74, 6) is 0.356. The number of carbonyl (C=O) groups is 2. The molecule has 0 radical (unpaired) electrons. The number of hydrogen-bond donors (Lipinski definition) is 1. The molecule has 1 aliphatic heterocycles. The van der Waals surface area contributed by atoms with Crippen molar-refractivity contribution in [1.29, 1.82) is 0 Å². The van der Waals surface area contributed by atoms with Gasteiger partial charge in [-0.25, -0.2) is 4.79 Å². The Labute approximate surface area is 89.8 Å². The largest absolute Gasteiger partial charge is 0.442 e. The third-order valence-corrected chi connectivity index (χ3v) is 2.18. The van der Waals surface area contributed by atoms with Crippen LogP contribution < -0.4 is 5.32 Å². The molecule has 0 spiro atoms. The summed E-state index contributed by atoms with van der Waals surface area (Å²) in [5, 5.41) is 2.75. The highest BCUT2D eigenvalue weighted by Crippen LogP contribution is 2.07. The molecule has 1 aliphatic rings. The number of hydrogen-bond acceptors (Lipinski definition) is 3. The number of cyclic esters (lactones) is 1. The van der Waals surface area contributed by atoms with Crippen molar-refractivity contribution in [2.45, 2.75) is 26.4 Å². The molecule has 5 heteroatoms. The molecule has 1 N–H and O–H groups in total. The molecule has 1 rings (SSSR count). The van der Waals surface area contributed by atoms with Crippen molar-refractivity contribution in [3.8, 4) is 0 Å². The Morgan fingerprint density at radius 2 is 2.33 bits per heavy atom. The summed E-state index contributed by atoms with van der Waals surface area (Å²) in [5.41, 5.74) is 0. The molecule has 0 aromatic heterocycles. The van der Waals surface area contributed by atoms with Crippen molar-refractivity contribution in [3.05, 3.63) is 0 Å². The zero-order chi connectivity index (χ0) is 11.4. The van der Waals surface area contributed by atoms with Crippen molar-refractivity contribution >= 4 is 12.0 Å². The van der Waals surface area contributed by atoms with E-state index in [1.54, 1.807) is 7.05 Å². The van der Waals surface area contributed by atoms with E-state index in [-0.39, 0.29) is 18.1 Å². The van der Waals surface area contributed by atoms with E-state index in [0.717, 1.165) is 0 Å². The molecular formula is C10H18N2O3. The predicted octanol–water partition coefficient (Wildman–Crippen LogP) is 0.599. The summed E-state index contributed by atoms with van der Waals surface area (Å²) < 4.78 is 5.00. The van der Waals surface area contributed by atoms with E-state index in [2.05, 4.69) is 5.32 Å². The van der Waals surface area contributed by atoms with Gasteiger partial charge in [0, 0.05) is 13.5 Å². The lowest BCUT2D eigenvalue weighted by molar-refractivity contribution is -0.122. The van der Waals surface area contributed by atoms with Crippen molar-refractivity contribution in [1.82, 2.24) is 10.2 Å². The lowest BCUT2D eigenvalue weighted by atomic mass is 10.1. The quantitative estimate of drug-likeness (QED) is 0.745. The SMILES string of the molecule is CC(C)CC(=O)NCC1CN(C)C(=O)O1. The minimum Gasteiger partial charge on any atom is -0.442 e. The third kappa shape index (κ3) is 3.77. The molecule has 5 nitrogen and oxygen atoms in total. The first-order chi connectivity index (χ1) is 6.99. The molecule has 1 fully saturated rings. The Bertz CT molecular complexity index is 253. The van der Waals surface area contributed by atoms with Crippen molar-refractivity contribution in [2.24, 2.45) is 5.92 Å². The number of carbonyl (C=O) groups excluding carboxylic acids is 2. The van der Waals surface area contributed by atoms with Gasteiger partial charge in [-0.2, -0.15) is 0 Å². The fraction of sp³-hybridized carbons (Fsp3) is 0.800. The Balaban J connectivity index is 2.21. The van der Waals surface area contributed by atoms with Crippen LogP contribution in [0.2, 0.25) is 0 Å². The second-order valence-electron chi connectivity index (χ2n) is 4.29. The topological polar surface area (TPSA) is 58.6 Å². The van der Waals surface area contributed by atoms with Crippen molar-refractivity contribution in [3.63, 3.8) is 0 Å². The number of nitrogens with zero attached hydrogens (tertiary/aromatic N) is 1. The Hall–Kier alpha value is -1.26. The summed E-state index contributed by atoms with van der Waals surface area (Å²) in [6, 6.07) is 0. The van der Waals surface area contributed by atoms with Crippen LogP contribution in [-0.4, -0.2) is 43.1 Å². The maximum atomic E-state index is 11.3. The van der Waals surface area contributed by atoms with Crippen LogP contribution in [0, 0.1) is 5.92 Å². The first kappa shape index (κ1) is 11.8. The lowest BCUT2D eigenvalue weighted by Gasteiger charge is -2.10. The number of likely N-dealkylation sites (N-methyl/N-ethyl adjacent to an activating group) is 1. The van der Waals surface area contributed by atoms with E-state index in [1.165, 1.54) is 4.90 Å². The summed E-state index contributed by atoms with van der Waals surface area (Å²) in [4.78, 5) is 23.8. The number of ether oxygens (including phenoxy) is 1. The highest BCUT2D eigenvalue weighted by atomic mass is 16.6. The van der Waals surface area contributed by atoms with Crippen LogP contribution in [0.5, 0.6) is 0 Å². The molecular weight excluding hydrogens is 196 g/mol. The molecule has 2 amide bonds. The van der Waals surface area contributed by atoms with E-state index in [9.17, 15) is 9.59 Å². The second-order valence-corrected chi connectivity index (χ2v) is 4.29. The predicted molar refractivity (Wildman–Crippen MR) is 55.4 cm³/mol. The highest BCUT2D eigenvalue weighted by Gasteiger charge is 2.28. The van der Waals surface area contributed by atoms with Gasteiger partial charge in [0.15, 0.2) is 0 Å². The van der Waals surface area contributed by atoms with E-state index in [0.29, 0.717) is 25.4 Å². The first-order valence-electron chi connectivity index (χ1n) is 5.17. The average molecular weight is 214 g/mol. The van der Waals surface area contributed by atoms with Gasteiger partial charge in [-0.1, -0.05) is 13.8 Å². The molecule has 1 saturated heterocycles. The van der Waals surface area contributed by atoms with Gasteiger partial charge in [-0.3, -0.25) is 4.79 Å². The molecule has 0 aliphatic carbocycles. The zero-order valence-electron chi connectivity index (χ0n) is 9.45. The van der Waals surface area contributed by atoms with Gasteiger partial charge in [0.1, 0.15) is 6.10 Å². The first-order valence-corrected chi connectivity index (χ1v) is 5.17. The maximum absolute atomic E-state index is 11.3. The average Bonchev–Trinajstić information content (AvgIpc) is 2.42. The molecule has 1 atom stereocenters. The molecule has 0 aromatic rings. The molecule has 0 aromatic carbocycles. The van der Waals surface area contributed by atoms with Gasteiger partial charge < -0.3 is 15.0 Å². The summed E-state index contributed by atoms with van der Waals surface area (Å²) in [7, 11) is 1.68. The van der Waals surface area contributed by atoms with Crippen LogP contribution in [0.1, 0.15) is 20.3 Å². The lowest BCUT2D eigenvalue weighted by Crippen LogP contribution is -2.34. The van der Waals surface area contributed by atoms with Gasteiger partial charge in [-0.05, 0) is 5.92 Å². The van der Waals surface area contributed by atoms with E-state index in [4.69, 9.17) is 4.74 Å². The van der Waals surface area contributed by atoms with Crippen molar-refractivity contribution in [2.75, 3.05) is 20.1 Å². The third-order valence-electron chi connectivity index (χ3n) is 2.18. The Morgan fingerprint density at radius 1 is 1.67 bits per heavy atom. The van der Waals surface area contributed by atoms with Gasteiger partial charge in [0.05, 0.1) is 13.1 Å². The molecule has 15 heavy (non-hydrogen) atoms. The fourth-order valence-electron chi connectivity index (χ4n) is 1.43. The van der Waals surface area contributed by atoms with Crippen LogP contribution >= 0.6 is 0 Å². The van der Waals surface area contributed by atoms with Gasteiger partial charge >= 0.3 is 6.09 Å². The molecule has 86 valence electrons. The standard InChI is InChI=1S/C10H18N2O3/c1-7(2)4-9(13)11-5-8-6-12(3)10(14)15-8/h7-8H,4-6H2,1-3H3,(H,11,13). The second kappa shape index (κ2) is 5.00. The number of rotatable bonds is 4. The molecule has 1 heterocycles. The zero-order valence-corrected chi connectivity index (χ0v) is 9.45. The minimum absolute atomic E-state index is 0.00982. The highest BCUT2D eigenvalue weighted by molar-refractivity contribution is 5.76. The summed E-state index contributed by atoms with van der Waals surface area (Å²) in [6.45, 7) is 4.92. The van der Waals surface area contributed by atoms with E-state index in [1.807, 2.05) is 13.8 Å². The van der Waals surface area contributed by atoms with Crippen LogP contribution in [-0.2, 0) is 9.53 Å². The van der Waals surface area contributed by atoms with Gasteiger partial charge in [-0.15, -0.1) is 0 Å². The van der Waals surface area contributed by atoms with Crippen LogP contribution in [0.3, 0.4) is 0 Å².